The van der Waals surface area contributed by atoms with Crippen LogP contribution in [-0.4, -0.2) is 15.7 Å². The van der Waals surface area contributed by atoms with Gasteiger partial charge in [-0.3, -0.25) is 9.48 Å². The van der Waals surface area contributed by atoms with Crippen LogP contribution >= 0.6 is 22.9 Å². The van der Waals surface area contributed by atoms with E-state index in [0.29, 0.717) is 5.02 Å². The summed E-state index contributed by atoms with van der Waals surface area (Å²) in [7, 11) is 1.91. The zero-order valence-electron chi connectivity index (χ0n) is 13.6. The molecule has 4 nitrogen and oxygen atoms in total. The van der Waals surface area contributed by atoms with E-state index in [1.54, 1.807) is 0 Å². The van der Waals surface area contributed by atoms with E-state index in [9.17, 15) is 4.79 Å². The average Bonchev–Trinajstić information content (AvgIpc) is 3.06. The number of halogens is 1. The van der Waals surface area contributed by atoms with Gasteiger partial charge in [0.1, 0.15) is 4.83 Å². The molecule has 1 amide bonds. The number of nitrogens with one attached hydrogen (secondary N) is 1. The minimum atomic E-state index is -0.259. The van der Waals surface area contributed by atoms with Crippen molar-refractivity contribution in [1.29, 1.82) is 0 Å². The van der Waals surface area contributed by atoms with Crippen LogP contribution in [0.3, 0.4) is 0 Å². The fourth-order valence-electron chi connectivity index (χ4n) is 3.38. The zero-order valence-corrected chi connectivity index (χ0v) is 15.2. The van der Waals surface area contributed by atoms with Gasteiger partial charge < -0.3 is 5.32 Å². The van der Waals surface area contributed by atoms with Crippen molar-refractivity contribution in [2.45, 2.75) is 31.7 Å². The molecule has 24 heavy (non-hydrogen) atoms. The first-order valence-corrected chi connectivity index (χ1v) is 9.20. The number of amides is 1. The first-order chi connectivity index (χ1) is 11.5. The van der Waals surface area contributed by atoms with Crippen LogP contribution in [0.25, 0.3) is 10.2 Å². The van der Waals surface area contributed by atoms with E-state index >= 15 is 0 Å². The monoisotopic (exact) mass is 359 g/mol. The number of aryl methyl sites for hydroxylation is 2. The number of fused-ring (bicyclic) bond motifs is 1. The molecule has 1 aromatic carbocycles. The third-order valence-corrected chi connectivity index (χ3v) is 6.33. The molecule has 4 rings (SSSR count). The van der Waals surface area contributed by atoms with Crippen molar-refractivity contribution >= 4 is 39.1 Å². The fraction of sp³-hybridized carbons (Fsp3) is 0.333. The second-order valence-electron chi connectivity index (χ2n) is 6.44. The summed E-state index contributed by atoms with van der Waals surface area (Å²) in [6, 6.07) is 9.75. The van der Waals surface area contributed by atoms with Gasteiger partial charge in [0, 0.05) is 17.5 Å². The topological polar surface area (TPSA) is 46.9 Å². The summed E-state index contributed by atoms with van der Waals surface area (Å²) < 4.78 is 1.84. The lowest BCUT2D eigenvalue weighted by Gasteiger charge is -2.43. The van der Waals surface area contributed by atoms with Gasteiger partial charge in [-0.15, -0.1) is 11.3 Å². The number of nitrogens with zero attached hydrogens (tertiary/aromatic N) is 2. The molecule has 0 saturated heterocycles. The van der Waals surface area contributed by atoms with Crippen molar-refractivity contribution in [3.05, 3.63) is 51.5 Å². The van der Waals surface area contributed by atoms with Crippen LogP contribution in [0.1, 0.15) is 40.2 Å². The predicted molar refractivity (Wildman–Crippen MR) is 97.8 cm³/mol. The van der Waals surface area contributed by atoms with E-state index < -0.39 is 0 Å². The number of hydrogen-bond donors (Lipinski definition) is 1. The van der Waals surface area contributed by atoms with Gasteiger partial charge >= 0.3 is 0 Å². The Hall–Kier alpha value is -1.85. The van der Waals surface area contributed by atoms with E-state index in [-0.39, 0.29) is 11.4 Å². The molecule has 124 valence electrons. The molecule has 1 aliphatic rings. The molecule has 1 saturated carbocycles. The third kappa shape index (κ3) is 2.43. The SMILES string of the molecule is Cc1nn(C)c2sc(C(=O)NC3(c4ccc(Cl)cc4)CCC3)cc12. The Bertz CT molecular complexity index is 887. The standard InChI is InChI=1S/C18H18ClN3OS/c1-11-14-10-15(24-17(14)22(2)21-11)16(23)20-18(8-3-9-18)12-4-6-13(19)7-5-12/h4-7,10H,3,8-9H2,1-2H3,(H,20,23). The summed E-state index contributed by atoms with van der Waals surface area (Å²) in [5.74, 6) is -0.00903. The maximum Gasteiger partial charge on any atom is 0.262 e. The van der Waals surface area contributed by atoms with Gasteiger partial charge in [-0.2, -0.15) is 5.10 Å². The van der Waals surface area contributed by atoms with Crippen LogP contribution in [-0.2, 0) is 12.6 Å². The van der Waals surface area contributed by atoms with Gasteiger partial charge in [0.15, 0.2) is 0 Å². The maximum atomic E-state index is 12.8. The van der Waals surface area contributed by atoms with E-state index in [2.05, 4.69) is 10.4 Å². The minimum absolute atomic E-state index is 0.00903. The van der Waals surface area contributed by atoms with Crippen molar-refractivity contribution in [3.8, 4) is 0 Å². The first kappa shape index (κ1) is 15.7. The predicted octanol–water partition coefficient (Wildman–Crippen LogP) is 4.41. The molecule has 1 N–H and O–H groups in total. The molecule has 0 bridgehead atoms. The molecule has 3 aromatic rings. The summed E-state index contributed by atoms with van der Waals surface area (Å²) in [6.07, 6.45) is 3.05. The summed E-state index contributed by atoms with van der Waals surface area (Å²) in [6.45, 7) is 1.97. The largest absolute Gasteiger partial charge is 0.342 e. The van der Waals surface area contributed by atoms with Gasteiger partial charge in [-0.25, -0.2) is 0 Å². The molecule has 0 spiro atoms. The van der Waals surface area contributed by atoms with Crippen LogP contribution < -0.4 is 5.32 Å². The molecule has 2 aromatic heterocycles. The lowest BCUT2D eigenvalue weighted by Crippen LogP contribution is -2.50. The van der Waals surface area contributed by atoms with E-state index in [1.165, 1.54) is 11.3 Å². The Morgan fingerprint density at radius 1 is 1.33 bits per heavy atom. The third-order valence-electron chi connectivity index (χ3n) is 4.88. The van der Waals surface area contributed by atoms with Crippen LogP contribution in [0.2, 0.25) is 5.02 Å². The normalized spacial score (nSPS) is 16.1. The Morgan fingerprint density at radius 3 is 2.62 bits per heavy atom. The summed E-state index contributed by atoms with van der Waals surface area (Å²) in [4.78, 5) is 14.6. The highest BCUT2D eigenvalue weighted by Crippen LogP contribution is 2.42. The number of carbonyl (C=O) groups excluding carboxylic acids is 1. The lowest BCUT2D eigenvalue weighted by molar-refractivity contribution is 0.0827. The first-order valence-electron chi connectivity index (χ1n) is 8.00. The Morgan fingerprint density at radius 2 is 2.04 bits per heavy atom. The molecule has 0 aliphatic heterocycles. The van der Waals surface area contributed by atoms with Crippen LogP contribution in [0, 0.1) is 6.92 Å². The molecule has 6 heteroatoms. The highest BCUT2D eigenvalue weighted by molar-refractivity contribution is 7.20. The van der Waals surface area contributed by atoms with Crippen molar-refractivity contribution in [3.63, 3.8) is 0 Å². The van der Waals surface area contributed by atoms with Crippen molar-refractivity contribution in [2.75, 3.05) is 0 Å². The molecule has 0 atom stereocenters. The highest BCUT2D eigenvalue weighted by atomic mass is 35.5. The van der Waals surface area contributed by atoms with E-state index in [0.717, 1.165) is 45.6 Å². The smallest absolute Gasteiger partial charge is 0.262 e. The Balaban J connectivity index is 1.63. The van der Waals surface area contributed by atoms with Gasteiger partial charge in [0.25, 0.3) is 5.91 Å². The second-order valence-corrected chi connectivity index (χ2v) is 7.90. The van der Waals surface area contributed by atoms with Crippen molar-refractivity contribution in [2.24, 2.45) is 7.05 Å². The van der Waals surface area contributed by atoms with Crippen molar-refractivity contribution in [1.82, 2.24) is 15.1 Å². The molecule has 0 radical (unpaired) electrons. The quantitative estimate of drug-likeness (QED) is 0.753. The summed E-state index contributed by atoms with van der Waals surface area (Å²) in [5, 5.41) is 9.43. The highest BCUT2D eigenvalue weighted by Gasteiger charge is 2.40. The van der Waals surface area contributed by atoms with Gasteiger partial charge in [0.2, 0.25) is 0 Å². The van der Waals surface area contributed by atoms with Crippen molar-refractivity contribution < 1.29 is 4.79 Å². The number of carbonyl (C=O) groups is 1. The Kier molecular flexibility index (Phi) is 3.66. The number of rotatable bonds is 3. The minimum Gasteiger partial charge on any atom is -0.342 e. The Labute approximate surface area is 149 Å². The second kappa shape index (κ2) is 5.60. The average molecular weight is 360 g/mol. The van der Waals surface area contributed by atoms with Crippen LogP contribution in [0.15, 0.2) is 30.3 Å². The van der Waals surface area contributed by atoms with Gasteiger partial charge in [-0.1, -0.05) is 23.7 Å². The number of aromatic nitrogens is 2. The van der Waals surface area contributed by atoms with Gasteiger partial charge in [0.05, 0.1) is 16.1 Å². The van der Waals surface area contributed by atoms with Crippen LogP contribution in [0.5, 0.6) is 0 Å². The number of benzene rings is 1. The maximum absolute atomic E-state index is 12.8. The molecular formula is C18H18ClN3OS. The molecule has 1 fully saturated rings. The lowest BCUT2D eigenvalue weighted by atomic mass is 9.72. The number of thiophene rings is 1. The fourth-order valence-corrected chi connectivity index (χ4v) is 4.53. The van der Waals surface area contributed by atoms with E-state index in [1.807, 2.05) is 49.0 Å². The molecular weight excluding hydrogens is 342 g/mol. The summed E-state index contributed by atoms with van der Waals surface area (Å²) >= 11 is 7.49. The zero-order chi connectivity index (χ0) is 16.9. The van der Waals surface area contributed by atoms with Crippen LogP contribution in [0.4, 0.5) is 0 Å². The van der Waals surface area contributed by atoms with Gasteiger partial charge in [-0.05, 0) is 49.9 Å². The molecule has 2 heterocycles. The van der Waals surface area contributed by atoms with E-state index in [4.69, 9.17) is 11.6 Å². The summed E-state index contributed by atoms with van der Waals surface area (Å²) in [5.41, 5.74) is 1.83. The molecule has 1 aliphatic carbocycles. The molecule has 0 unspecified atom stereocenters. The number of hydrogen-bond acceptors (Lipinski definition) is 3.